The predicted octanol–water partition coefficient (Wildman–Crippen LogP) is 2.66. The number of hydrogen-bond acceptors (Lipinski definition) is 3. The maximum atomic E-state index is 5.82. The Bertz CT molecular complexity index is 357. The molecule has 88 valence electrons. The molecule has 1 heterocycles. The lowest BCUT2D eigenvalue weighted by molar-refractivity contribution is 0.243. The van der Waals surface area contributed by atoms with E-state index in [1.807, 2.05) is 26.0 Å². The van der Waals surface area contributed by atoms with Crippen LogP contribution in [0, 0.1) is 0 Å². The van der Waals surface area contributed by atoms with Crippen LogP contribution in [0.15, 0.2) is 18.2 Å². The second kappa shape index (κ2) is 4.64. The Balaban J connectivity index is 2.27. The third-order valence-corrected chi connectivity index (χ3v) is 2.79. The topological polar surface area (TPSA) is 38.5 Å². The summed E-state index contributed by atoms with van der Waals surface area (Å²) in [5.74, 6) is 0.914. The highest BCUT2D eigenvalue weighted by Gasteiger charge is 2.17. The van der Waals surface area contributed by atoms with Crippen molar-refractivity contribution in [2.75, 3.05) is 23.7 Å². The van der Waals surface area contributed by atoms with Gasteiger partial charge in [0, 0.05) is 24.8 Å². The zero-order valence-corrected chi connectivity index (χ0v) is 10.1. The van der Waals surface area contributed by atoms with Gasteiger partial charge in [0.15, 0.2) is 0 Å². The summed E-state index contributed by atoms with van der Waals surface area (Å²) >= 11 is 0. The van der Waals surface area contributed by atoms with E-state index in [1.165, 1.54) is 18.5 Å². The Kier molecular flexibility index (Phi) is 3.22. The average molecular weight is 220 g/mol. The molecule has 16 heavy (non-hydrogen) atoms. The van der Waals surface area contributed by atoms with Gasteiger partial charge in [-0.2, -0.15) is 0 Å². The first-order valence-corrected chi connectivity index (χ1v) is 5.98. The normalized spacial score (nSPS) is 15.8. The molecule has 0 aliphatic carbocycles. The first kappa shape index (κ1) is 11.1. The van der Waals surface area contributed by atoms with Crippen molar-refractivity contribution in [1.29, 1.82) is 0 Å². The summed E-state index contributed by atoms with van der Waals surface area (Å²) in [5.41, 5.74) is 7.75. The molecule has 0 saturated carbocycles. The summed E-state index contributed by atoms with van der Waals surface area (Å²) < 4.78 is 5.82. The highest BCUT2D eigenvalue weighted by molar-refractivity contribution is 5.64. The van der Waals surface area contributed by atoms with Gasteiger partial charge in [0.25, 0.3) is 0 Å². The van der Waals surface area contributed by atoms with Gasteiger partial charge in [0.1, 0.15) is 5.75 Å². The zero-order valence-electron chi connectivity index (χ0n) is 10.1. The molecule has 3 heteroatoms. The lowest BCUT2D eigenvalue weighted by atomic mass is 10.2. The highest BCUT2D eigenvalue weighted by atomic mass is 16.5. The summed E-state index contributed by atoms with van der Waals surface area (Å²) in [6.45, 7) is 6.32. The Hall–Kier alpha value is -1.38. The Morgan fingerprint density at radius 2 is 1.94 bits per heavy atom. The number of anilines is 2. The molecule has 1 fully saturated rings. The van der Waals surface area contributed by atoms with Crippen molar-refractivity contribution in [1.82, 2.24) is 0 Å². The number of rotatable bonds is 3. The fraction of sp³-hybridized carbons (Fsp3) is 0.538. The number of benzene rings is 1. The second-order valence-electron chi connectivity index (χ2n) is 4.59. The second-order valence-corrected chi connectivity index (χ2v) is 4.59. The van der Waals surface area contributed by atoms with Gasteiger partial charge in [-0.3, -0.25) is 0 Å². The average Bonchev–Trinajstić information content (AvgIpc) is 2.69. The number of nitrogens with two attached hydrogens (primary N) is 1. The molecule has 2 N–H and O–H groups in total. The van der Waals surface area contributed by atoms with Crippen LogP contribution in [0.4, 0.5) is 11.4 Å². The van der Waals surface area contributed by atoms with Crippen LogP contribution in [0.3, 0.4) is 0 Å². The van der Waals surface area contributed by atoms with E-state index in [-0.39, 0.29) is 6.10 Å². The van der Waals surface area contributed by atoms with Crippen molar-refractivity contribution in [2.24, 2.45) is 0 Å². The van der Waals surface area contributed by atoms with Crippen LogP contribution in [0.25, 0.3) is 0 Å². The van der Waals surface area contributed by atoms with E-state index >= 15 is 0 Å². The van der Waals surface area contributed by atoms with E-state index in [1.54, 1.807) is 0 Å². The van der Waals surface area contributed by atoms with Gasteiger partial charge in [-0.1, -0.05) is 0 Å². The van der Waals surface area contributed by atoms with E-state index in [0.29, 0.717) is 0 Å². The molecule has 0 unspecified atom stereocenters. The quantitative estimate of drug-likeness (QED) is 0.796. The molecule has 1 aliphatic heterocycles. The van der Waals surface area contributed by atoms with E-state index in [9.17, 15) is 0 Å². The molecule has 2 rings (SSSR count). The summed E-state index contributed by atoms with van der Waals surface area (Å²) in [6, 6.07) is 5.94. The van der Waals surface area contributed by atoms with E-state index in [2.05, 4.69) is 11.0 Å². The van der Waals surface area contributed by atoms with Crippen molar-refractivity contribution in [3.8, 4) is 5.75 Å². The molecule has 0 bridgehead atoms. The third-order valence-electron chi connectivity index (χ3n) is 2.79. The van der Waals surface area contributed by atoms with Crippen molar-refractivity contribution >= 4 is 11.4 Å². The van der Waals surface area contributed by atoms with E-state index in [4.69, 9.17) is 10.5 Å². The predicted molar refractivity (Wildman–Crippen MR) is 68.1 cm³/mol. The van der Waals surface area contributed by atoms with E-state index < -0.39 is 0 Å². The van der Waals surface area contributed by atoms with Gasteiger partial charge in [-0.05, 0) is 38.8 Å². The molecule has 1 aromatic rings. The minimum Gasteiger partial charge on any atom is -0.489 e. The lowest BCUT2D eigenvalue weighted by Gasteiger charge is -2.22. The molecule has 1 saturated heterocycles. The molecule has 1 aliphatic rings. The third kappa shape index (κ3) is 2.40. The van der Waals surface area contributed by atoms with Crippen LogP contribution >= 0.6 is 0 Å². The number of hydrogen-bond donors (Lipinski definition) is 1. The molecule has 3 nitrogen and oxygen atoms in total. The Morgan fingerprint density at radius 3 is 2.56 bits per heavy atom. The van der Waals surface area contributed by atoms with Crippen LogP contribution in [0.5, 0.6) is 5.75 Å². The van der Waals surface area contributed by atoms with Gasteiger partial charge in [-0.25, -0.2) is 0 Å². The van der Waals surface area contributed by atoms with Gasteiger partial charge >= 0.3 is 0 Å². The lowest BCUT2D eigenvalue weighted by Crippen LogP contribution is -2.19. The maximum absolute atomic E-state index is 5.82. The minimum absolute atomic E-state index is 0.183. The van der Waals surface area contributed by atoms with Crippen LogP contribution in [-0.4, -0.2) is 19.2 Å². The SMILES string of the molecule is CC(C)Oc1cc(N)ccc1N1CCCC1. The maximum Gasteiger partial charge on any atom is 0.145 e. The fourth-order valence-electron chi connectivity index (χ4n) is 2.10. The summed E-state index contributed by atoms with van der Waals surface area (Å²) in [6.07, 6.45) is 2.72. The Morgan fingerprint density at radius 1 is 1.25 bits per heavy atom. The van der Waals surface area contributed by atoms with Gasteiger partial charge in [0.2, 0.25) is 0 Å². The van der Waals surface area contributed by atoms with Crippen molar-refractivity contribution in [2.45, 2.75) is 32.8 Å². The summed E-state index contributed by atoms with van der Waals surface area (Å²) in [7, 11) is 0. The molecule has 0 amide bonds. The molecule has 0 radical (unpaired) electrons. The minimum atomic E-state index is 0.183. The summed E-state index contributed by atoms with van der Waals surface area (Å²) in [4.78, 5) is 2.37. The highest BCUT2D eigenvalue weighted by Crippen LogP contribution is 2.33. The number of nitrogen functional groups attached to an aromatic ring is 1. The van der Waals surface area contributed by atoms with Gasteiger partial charge in [-0.15, -0.1) is 0 Å². The molecule has 0 spiro atoms. The van der Waals surface area contributed by atoms with Gasteiger partial charge < -0.3 is 15.4 Å². The molecular formula is C13H20N2O. The zero-order chi connectivity index (χ0) is 11.5. The van der Waals surface area contributed by atoms with Crippen LogP contribution in [0.2, 0.25) is 0 Å². The molecule has 0 aromatic heterocycles. The first-order chi connectivity index (χ1) is 7.66. The Labute approximate surface area is 97.2 Å². The van der Waals surface area contributed by atoms with Crippen LogP contribution in [-0.2, 0) is 0 Å². The standard InChI is InChI=1S/C13H20N2O/c1-10(2)16-13-9-11(14)5-6-12(13)15-7-3-4-8-15/h5-6,9-10H,3-4,7-8,14H2,1-2H3. The molecular weight excluding hydrogens is 200 g/mol. The first-order valence-electron chi connectivity index (χ1n) is 5.98. The largest absolute Gasteiger partial charge is 0.489 e. The smallest absolute Gasteiger partial charge is 0.145 e. The van der Waals surface area contributed by atoms with Gasteiger partial charge in [0.05, 0.1) is 11.8 Å². The number of nitrogens with zero attached hydrogens (tertiary/aromatic N) is 1. The molecule has 0 atom stereocenters. The summed E-state index contributed by atoms with van der Waals surface area (Å²) in [5, 5.41) is 0. The van der Waals surface area contributed by atoms with Crippen molar-refractivity contribution in [3.05, 3.63) is 18.2 Å². The fourth-order valence-corrected chi connectivity index (χ4v) is 2.10. The van der Waals surface area contributed by atoms with E-state index in [0.717, 1.165) is 24.5 Å². The monoisotopic (exact) mass is 220 g/mol. The van der Waals surface area contributed by atoms with Crippen molar-refractivity contribution < 1.29 is 4.74 Å². The van der Waals surface area contributed by atoms with Crippen LogP contribution < -0.4 is 15.4 Å². The number of ether oxygens (including phenoxy) is 1. The van der Waals surface area contributed by atoms with Crippen molar-refractivity contribution in [3.63, 3.8) is 0 Å². The van der Waals surface area contributed by atoms with Crippen LogP contribution in [0.1, 0.15) is 26.7 Å². The molecule has 1 aromatic carbocycles.